The number of carbonyl (C=O) groups excluding carboxylic acids is 1. The number of hydrogen-bond donors (Lipinski definition) is 1. The van der Waals surface area contributed by atoms with E-state index in [1.165, 1.54) is 0 Å². The normalized spacial score (nSPS) is 18.7. The second kappa shape index (κ2) is 5.89. The smallest absolute Gasteiger partial charge is 0.251 e. The van der Waals surface area contributed by atoms with Crippen LogP contribution in [0.4, 0.5) is 0 Å². The Bertz CT molecular complexity index is 755. The highest BCUT2D eigenvalue weighted by Crippen LogP contribution is 2.40. The molecule has 0 aliphatic carbocycles. The molecule has 0 radical (unpaired) electrons. The van der Waals surface area contributed by atoms with Gasteiger partial charge >= 0.3 is 0 Å². The summed E-state index contributed by atoms with van der Waals surface area (Å²) >= 11 is 5.98. The van der Waals surface area contributed by atoms with Gasteiger partial charge in [0.1, 0.15) is 11.4 Å². The Kier molecular flexibility index (Phi) is 4.07. The number of ether oxygens (including phenoxy) is 1. The van der Waals surface area contributed by atoms with E-state index in [0.29, 0.717) is 10.6 Å². The molecule has 2 aromatic rings. The average molecular weight is 330 g/mol. The Morgan fingerprint density at radius 2 is 2.04 bits per heavy atom. The molecule has 1 aliphatic heterocycles. The summed E-state index contributed by atoms with van der Waals surface area (Å²) < 4.78 is 6.04. The van der Waals surface area contributed by atoms with Gasteiger partial charge in [0, 0.05) is 22.6 Å². The van der Waals surface area contributed by atoms with Crippen molar-refractivity contribution in [3.8, 4) is 5.75 Å². The van der Waals surface area contributed by atoms with E-state index in [9.17, 15) is 4.79 Å². The van der Waals surface area contributed by atoms with Crippen LogP contribution in [0.1, 0.15) is 47.8 Å². The Balaban J connectivity index is 1.90. The highest BCUT2D eigenvalue weighted by atomic mass is 35.5. The van der Waals surface area contributed by atoms with Crippen molar-refractivity contribution in [3.63, 3.8) is 0 Å². The fourth-order valence-corrected chi connectivity index (χ4v) is 3.16. The molecule has 0 bridgehead atoms. The topological polar surface area (TPSA) is 38.3 Å². The number of nitrogens with one attached hydrogen (secondary N) is 1. The van der Waals surface area contributed by atoms with E-state index in [-0.39, 0.29) is 17.6 Å². The molecule has 0 spiro atoms. The minimum atomic E-state index is -0.325. The van der Waals surface area contributed by atoms with Crippen LogP contribution < -0.4 is 10.1 Å². The van der Waals surface area contributed by atoms with Crippen molar-refractivity contribution >= 4 is 17.5 Å². The molecule has 3 nitrogen and oxygen atoms in total. The maximum atomic E-state index is 12.6. The van der Waals surface area contributed by atoms with Crippen LogP contribution in [0.3, 0.4) is 0 Å². The van der Waals surface area contributed by atoms with Gasteiger partial charge in [-0.1, -0.05) is 35.4 Å². The summed E-state index contributed by atoms with van der Waals surface area (Å²) in [5.41, 5.74) is 2.42. The number of fused-ring (bicyclic) bond motifs is 1. The van der Waals surface area contributed by atoms with Crippen molar-refractivity contribution in [1.82, 2.24) is 5.32 Å². The molecule has 1 unspecified atom stereocenters. The minimum Gasteiger partial charge on any atom is -0.487 e. The number of aryl methyl sites for hydroxylation is 1. The maximum absolute atomic E-state index is 12.6. The fraction of sp³-hybridized carbons (Fsp3) is 0.316. The second-order valence-corrected chi connectivity index (χ2v) is 7.08. The lowest BCUT2D eigenvalue weighted by Gasteiger charge is -2.38. The third kappa shape index (κ3) is 3.50. The first-order valence-corrected chi connectivity index (χ1v) is 8.08. The van der Waals surface area contributed by atoms with Gasteiger partial charge in [-0.15, -0.1) is 0 Å². The second-order valence-electron chi connectivity index (χ2n) is 6.64. The van der Waals surface area contributed by atoms with E-state index >= 15 is 0 Å². The molecule has 1 heterocycles. The van der Waals surface area contributed by atoms with Gasteiger partial charge in [-0.3, -0.25) is 4.79 Å². The van der Waals surface area contributed by atoms with Gasteiger partial charge in [0.15, 0.2) is 0 Å². The monoisotopic (exact) mass is 329 g/mol. The molecular weight excluding hydrogens is 310 g/mol. The molecule has 1 N–H and O–H groups in total. The molecule has 2 aromatic carbocycles. The molecule has 0 saturated heterocycles. The van der Waals surface area contributed by atoms with Crippen molar-refractivity contribution in [2.24, 2.45) is 0 Å². The number of rotatable bonds is 2. The Morgan fingerprint density at radius 3 is 2.78 bits per heavy atom. The predicted octanol–water partition coefficient (Wildman–Crippen LogP) is 4.68. The SMILES string of the molecule is Cc1ccc2c(c1)C(NC(=O)c1cccc(Cl)c1)CC(C)(C)O2. The molecule has 1 amide bonds. The fourth-order valence-electron chi connectivity index (χ4n) is 2.97. The van der Waals surface area contributed by atoms with Gasteiger partial charge in [-0.05, 0) is 45.0 Å². The molecule has 1 aliphatic rings. The number of benzene rings is 2. The van der Waals surface area contributed by atoms with Gasteiger partial charge in [0.2, 0.25) is 0 Å². The van der Waals surface area contributed by atoms with Crippen LogP contribution in [-0.2, 0) is 0 Å². The minimum absolute atomic E-state index is 0.0832. The largest absolute Gasteiger partial charge is 0.487 e. The van der Waals surface area contributed by atoms with Gasteiger partial charge in [0.25, 0.3) is 5.91 Å². The molecule has 23 heavy (non-hydrogen) atoms. The summed E-state index contributed by atoms with van der Waals surface area (Å²) in [5, 5.41) is 3.68. The lowest BCUT2D eigenvalue weighted by Crippen LogP contribution is -2.41. The first-order valence-electron chi connectivity index (χ1n) is 7.70. The van der Waals surface area contributed by atoms with E-state index in [2.05, 4.69) is 11.4 Å². The van der Waals surface area contributed by atoms with Crippen LogP contribution in [0.2, 0.25) is 5.02 Å². The summed E-state index contributed by atoms with van der Waals surface area (Å²) in [5.74, 6) is 0.714. The van der Waals surface area contributed by atoms with Gasteiger partial charge in [-0.2, -0.15) is 0 Å². The zero-order valence-electron chi connectivity index (χ0n) is 13.5. The van der Waals surface area contributed by atoms with E-state index in [4.69, 9.17) is 16.3 Å². The van der Waals surface area contributed by atoms with Crippen molar-refractivity contribution in [2.75, 3.05) is 0 Å². The molecule has 0 saturated carbocycles. The highest BCUT2D eigenvalue weighted by Gasteiger charge is 2.34. The van der Waals surface area contributed by atoms with Crippen molar-refractivity contribution < 1.29 is 9.53 Å². The Hall–Kier alpha value is -2.00. The van der Waals surface area contributed by atoms with Crippen LogP contribution in [0, 0.1) is 6.92 Å². The summed E-state index contributed by atoms with van der Waals surface area (Å²) in [4.78, 5) is 12.6. The summed E-state index contributed by atoms with van der Waals surface area (Å²) in [6.45, 7) is 6.11. The van der Waals surface area contributed by atoms with Gasteiger partial charge < -0.3 is 10.1 Å². The molecule has 0 fully saturated rings. The lowest BCUT2D eigenvalue weighted by molar-refractivity contribution is 0.0619. The van der Waals surface area contributed by atoms with E-state index < -0.39 is 0 Å². The van der Waals surface area contributed by atoms with Gasteiger partial charge in [0.05, 0.1) is 6.04 Å². The average Bonchev–Trinajstić information content (AvgIpc) is 2.47. The lowest BCUT2D eigenvalue weighted by atomic mass is 9.88. The predicted molar refractivity (Wildman–Crippen MR) is 92.2 cm³/mol. The van der Waals surface area contributed by atoms with Crippen molar-refractivity contribution in [3.05, 3.63) is 64.2 Å². The third-order valence-electron chi connectivity index (χ3n) is 4.01. The van der Waals surface area contributed by atoms with Crippen LogP contribution >= 0.6 is 11.6 Å². The van der Waals surface area contributed by atoms with Crippen molar-refractivity contribution in [2.45, 2.75) is 38.8 Å². The Labute approximate surface area is 141 Å². The number of halogens is 1. The van der Waals surface area contributed by atoms with E-state index in [1.807, 2.05) is 32.9 Å². The van der Waals surface area contributed by atoms with Crippen LogP contribution in [0.25, 0.3) is 0 Å². The number of carbonyl (C=O) groups is 1. The molecule has 4 heteroatoms. The first kappa shape index (κ1) is 15.9. The van der Waals surface area contributed by atoms with Crippen LogP contribution in [0.15, 0.2) is 42.5 Å². The zero-order valence-corrected chi connectivity index (χ0v) is 14.3. The zero-order chi connectivity index (χ0) is 16.6. The standard InChI is InChI=1S/C19H20ClNO2/c1-12-7-8-17-15(9-12)16(11-19(2,3)23-17)21-18(22)13-5-4-6-14(20)10-13/h4-10,16H,11H2,1-3H3,(H,21,22). The van der Waals surface area contributed by atoms with Crippen LogP contribution in [0.5, 0.6) is 5.75 Å². The molecule has 0 aromatic heterocycles. The van der Waals surface area contributed by atoms with Gasteiger partial charge in [-0.25, -0.2) is 0 Å². The molecule has 120 valence electrons. The van der Waals surface area contributed by atoms with Crippen molar-refractivity contribution in [1.29, 1.82) is 0 Å². The first-order chi connectivity index (χ1) is 10.8. The highest BCUT2D eigenvalue weighted by molar-refractivity contribution is 6.30. The maximum Gasteiger partial charge on any atom is 0.251 e. The third-order valence-corrected chi connectivity index (χ3v) is 4.25. The summed E-state index contributed by atoms with van der Waals surface area (Å²) in [6.07, 6.45) is 0.718. The molecular formula is C19H20ClNO2. The van der Waals surface area contributed by atoms with E-state index in [0.717, 1.165) is 23.3 Å². The molecule has 1 atom stereocenters. The summed E-state index contributed by atoms with van der Waals surface area (Å²) in [6, 6.07) is 13.0. The number of hydrogen-bond acceptors (Lipinski definition) is 2. The van der Waals surface area contributed by atoms with Crippen LogP contribution in [-0.4, -0.2) is 11.5 Å². The quantitative estimate of drug-likeness (QED) is 0.868. The van der Waals surface area contributed by atoms with E-state index in [1.54, 1.807) is 24.3 Å². The summed E-state index contributed by atoms with van der Waals surface area (Å²) in [7, 11) is 0. The molecule has 3 rings (SSSR count). The number of amides is 1. The Morgan fingerprint density at radius 1 is 1.26 bits per heavy atom.